The van der Waals surface area contributed by atoms with Gasteiger partial charge in [-0.15, -0.1) is 0 Å². The molecule has 1 atom stereocenters. The predicted octanol–water partition coefficient (Wildman–Crippen LogP) is 2.37. The summed E-state index contributed by atoms with van der Waals surface area (Å²) in [7, 11) is 0. The Labute approximate surface area is 107 Å². The Kier molecular flexibility index (Phi) is 3.99. The maximum atomic E-state index is 5.77. The zero-order valence-corrected chi connectivity index (χ0v) is 10.8. The highest BCUT2D eigenvalue weighted by Crippen LogP contribution is 2.28. The van der Waals surface area contributed by atoms with E-state index in [0.717, 1.165) is 29.3 Å². The van der Waals surface area contributed by atoms with Gasteiger partial charge in [-0.2, -0.15) is 0 Å². The summed E-state index contributed by atoms with van der Waals surface area (Å²) in [6, 6.07) is 8.04. The molecule has 96 valence electrons. The number of nitrogens with one attached hydrogen (secondary N) is 1. The molecule has 0 aliphatic heterocycles. The molecule has 0 fully saturated rings. The molecule has 0 saturated carbocycles. The van der Waals surface area contributed by atoms with Crippen molar-refractivity contribution in [2.45, 2.75) is 26.3 Å². The molecule has 2 aromatic rings. The lowest BCUT2D eigenvalue weighted by atomic mass is 10.1. The van der Waals surface area contributed by atoms with Crippen molar-refractivity contribution >= 4 is 0 Å². The fourth-order valence-corrected chi connectivity index (χ4v) is 1.88. The van der Waals surface area contributed by atoms with Crippen molar-refractivity contribution in [2.75, 3.05) is 6.61 Å². The minimum Gasteiger partial charge on any atom is -0.493 e. The summed E-state index contributed by atoms with van der Waals surface area (Å²) in [5.41, 5.74) is 7.76. The minimum atomic E-state index is 0.103. The van der Waals surface area contributed by atoms with Crippen LogP contribution in [0.3, 0.4) is 0 Å². The topological polar surface area (TPSA) is 63.9 Å². The molecule has 0 aliphatic carbocycles. The van der Waals surface area contributed by atoms with Crippen LogP contribution in [0.4, 0.5) is 0 Å². The van der Waals surface area contributed by atoms with Gasteiger partial charge in [0.05, 0.1) is 18.5 Å². The molecule has 3 N–H and O–H groups in total. The molecule has 2 rings (SSSR count). The molecule has 1 heterocycles. The van der Waals surface area contributed by atoms with Crippen LogP contribution in [0.1, 0.15) is 19.7 Å². The largest absolute Gasteiger partial charge is 0.493 e. The molecule has 0 bridgehead atoms. The Morgan fingerprint density at radius 2 is 2.17 bits per heavy atom. The molecular formula is C14H19N3O. The van der Waals surface area contributed by atoms with Gasteiger partial charge in [-0.3, -0.25) is 0 Å². The number of nitrogens with two attached hydrogens (primary N) is 1. The molecular weight excluding hydrogens is 226 g/mol. The van der Waals surface area contributed by atoms with Gasteiger partial charge >= 0.3 is 0 Å². The summed E-state index contributed by atoms with van der Waals surface area (Å²) in [6.45, 7) is 4.60. The van der Waals surface area contributed by atoms with Crippen LogP contribution in [0.2, 0.25) is 0 Å². The fourth-order valence-electron chi connectivity index (χ4n) is 1.88. The van der Waals surface area contributed by atoms with Crippen LogP contribution in [0.5, 0.6) is 5.75 Å². The average molecular weight is 245 g/mol. The Balaban J connectivity index is 2.28. The number of hydrogen-bond acceptors (Lipinski definition) is 3. The third-order valence-electron chi connectivity index (χ3n) is 2.62. The van der Waals surface area contributed by atoms with E-state index < -0.39 is 0 Å². The maximum absolute atomic E-state index is 5.77. The smallest absolute Gasteiger partial charge is 0.128 e. The Bertz CT molecular complexity index is 505. The highest BCUT2D eigenvalue weighted by atomic mass is 16.5. The van der Waals surface area contributed by atoms with Gasteiger partial charge < -0.3 is 15.5 Å². The molecule has 1 aromatic heterocycles. The number of para-hydroxylation sites is 1. The number of aromatic amines is 1. The van der Waals surface area contributed by atoms with Crippen molar-refractivity contribution in [1.29, 1.82) is 0 Å². The molecule has 0 radical (unpaired) electrons. The number of rotatable bonds is 5. The number of aromatic nitrogens is 2. The summed E-state index contributed by atoms with van der Waals surface area (Å²) < 4.78 is 5.61. The highest BCUT2D eigenvalue weighted by molar-refractivity contribution is 5.66. The molecule has 18 heavy (non-hydrogen) atoms. The molecule has 4 nitrogen and oxygen atoms in total. The molecule has 0 aliphatic rings. The van der Waals surface area contributed by atoms with E-state index in [9.17, 15) is 0 Å². The molecule has 0 saturated heterocycles. The monoisotopic (exact) mass is 245 g/mol. The van der Waals surface area contributed by atoms with Crippen LogP contribution < -0.4 is 10.5 Å². The predicted molar refractivity (Wildman–Crippen MR) is 72.5 cm³/mol. The first-order valence-corrected chi connectivity index (χ1v) is 6.22. The Hall–Kier alpha value is -1.81. The van der Waals surface area contributed by atoms with Crippen LogP contribution >= 0.6 is 0 Å². The van der Waals surface area contributed by atoms with Crippen molar-refractivity contribution in [3.63, 3.8) is 0 Å². The van der Waals surface area contributed by atoms with Crippen LogP contribution in [0, 0.1) is 0 Å². The lowest BCUT2D eigenvalue weighted by Gasteiger charge is -2.08. The Morgan fingerprint density at radius 1 is 1.39 bits per heavy atom. The second-order valence-electron chi connectivity index (χ2n) is 4.35. The molecule has 1 aromatic carbocycles. The van der Waals surface area contributed by atoms with E-state index in [0.29, 0.717) is 6.61 Å². The normalized spacial score (nSPS) is 12.4. The number of benzene rings is 1. The van der Waals surface area contributed by atoms with E-state index in [4.69, 9.17) is 10.5 Å². The number of imidazole rings is 1. The summed E-state index contributed by atoms with van der Waals surface area (Å²) in [5, 5.41) is 0. The van der Waals surface area contributed by atoms with Gasteiger partial charge in [0.25, 0.3) is 0 Å². The van der Waals surface area contributed by atoms with Gasteiger partial charge in [0.2, 0.25) is 0 Å². The zero-order valence-electron chi connectivity index (χ0n) is 10.8. The van der Waals surface area contributed by atoms with Crippen LogP contribution in [-0.4, -0.2) is 22.6 Å². The second kappa shape index (κ2) is 5.69. The third-order valence-corrected chi connectivity index (χ3v) is 2.62. The standard InChI is InChI=1S/C14H19N3O/c1-3-18-13-7-5-4-6-11(13)12-9-16-14(17-12)8-10(2)15/h4-7,9-10H,3,8,15H2,1-2H3,(H,16,17). The number of H-pyrrole nitrogens is 1. The van der Waals surface area contributed by atoms with E-state index in [-0.39, 0.29) is 6.04 Å². The van der Waals surface area contributed by atoms with Gasteiger partial charge in [-0.05, 0) is 26.0 Å². The third kappa shape index (κ3) is 2.90. The highest BCUT2D eigenvalue weighted by Gasteiger charge is 2.09. The number of hydrogen-bond donors (Lipinski definition) is 2. The SMILES string of the molecule is CCOc1ccccc1-c1cnc(CC(C)N)[nH]1. The van der Waals surface area contributed by atoms with Crippen LogP contribution in [0.15, 0.2) is 30.5 Å². The van der Waals surface area contributed by atoms with E-state index >= 15 is 0 Å². The summed E-state index contributed by atoms with van der Waals surface area (Å²) in [5.74, 6) is 1.78. The molecule has 4 heteroatoms. The summed E-state index contributed by atoms with van der Waals surface area (Å²) in [4.78, 5) is 7.63. The van der Waals surface area contributed by atoms with E-state index in [1.807, 2.05) is 44.3 Å². The lowest BCUT2D eigenvalue weighted by molar-refractivity contribution is 0.341. The van der Waals surface area contributed by atoms with Crippen LogP contribution in [0.25, 0.3) is 11.3 Å². The van der Waals surface area contributed by atoms with Gasteiger partial charge in [0.15, 0.2) is 0 Å². The summed E-state index contributed by atoms with van der Waals surface area (Å²) >= 11 is 0. The van der Waals surface area contributed by atoms with Crippen molar-refractivity contribution in [3.8, 4) is 17.0 Å². The van der Waals surface area contributed by atoms with E-state index in [1.165, 1.54) is 0 Å². The second-order valence-corrected chi connectivity index (χ2v) is 4.35. The number of ether oxygens (including phenoxy) is 1. The van der Waals surface area contributed by atoms with E-state index in [1.54, 1.807) is 0 Å². The van der Waals surface area contributed by atoms with Gasteiger partial charge in [-0.1, -0.05) is 12.1 Å². The van der Waals surface area contributed by atoms with Crippen molar-refractivity contribution in [3.05, 3.63) is 36.3 Å². The quantitative estimate of drug-likeness (QED) is 0.850. The first-order valence-electron chi connectivity index (χ1n) is 6.22. The molecule has 0 spiro atoms. The van der Waals surface area contributed by atoms with Crippen molar-refractivity contribution < 1.29 is 4.74 Å². The van der Waals surface area contributed by atoms with Gasteiger partial charge in [-0.25, -0.2) is 4.98 Å². The summed E-state index contributed by atoms with van der Waals surface area (Å²) in [6.07, 6.45) is 2.58. The lowest BCUT2D eigenvalue weighted by Crippen LogP contribution is -2.18. The first-order chi connectivity index (χ1) is 8.70. The number of nitrogens with zero attached hydrogens (tertiary/aromatic N) is 1. The fraction of sp³-hybridized carbons (Fsp3) is 0.357. The van der Waals surface area contributed by atoms with Crippen molar-refractivity contribution in [1.82, 2.24) is 9.97 Å². The molecule has 1 unspecified atom stereocenters. The molecule has 0 amide bonds. The van der Waals surface area contributed by atoms with Crippen molar-refractivity contribution in [2.24, 2.45) is 5.73 Å². The van der Waals surface area contributed by atoms with Gasteiger partial charge in [0.1, 0.15) is 11.6 Å². The maximum Gasteiger partial charge on any atom is 0.128 e. The van der Waals surface area contributed by atoms with E-state index in [2.05, 4.69) is 9.97 Å². The Morgan fingerprint density at radius 3 is 2.89 bits per heavy atom. The van der Waals surface area contributed by atoms with Gasteiger partial charge in [0, 0.05) is 18.0 Å². The zero-order chi connectivity index (χ0) is 13.0. The van der Waals surface area contributed by atoms with Crippen LogP contribution in [-0.2, 0) is 6.42 Å². The minimum absolute atomic E-state index is 0.103. The first kappa shape index (κ1) is 12.6. The average Bonchev–Trinajstić information content (AvgIpc) is 2.77.